The fourth-order valence-corrected chi connectivity index (χ4v) is 2.93. The highest BCUT2D eigenvalue weighted by molar-refractivity contribution is 6.04. The molecule has 0 radical (unpaired) electrons. The molecule has 1 amide bonds. The van der Waals surface area contributed by atoms with Gasteiger partial charge in [0.15, 0.2) is 0 Å². The predicted octanol–water partition coefficient (Wildman–Crippen LogP) is 3.12. The van der Waals surface area contributed by atoms with Crippen molar-refractivity contribution in [1.29, 1.82) is 0 Å². The van der Waals surface area contributed by atoms with Crippen molar-refractivity contribution in [3.8, 4) is 0 Å². The van der Waals surface area contributed by atoms with E-state index in [1.54, 1.807) is 4.90 Å². The number of anilines is 1. The number of aryl methyl sites for hydroxylation is 1. The van der Waals surface area contributed by atoms with Gasteiger partial charge in [-0.2, -0.15) is 0 Å². The molecule has 3 heteroatoms. The smallest absolute Gasteiger partial charge is 0.234 e. The molecule has 21 heavy (non-hydrogen) atoms. The lowest BCUT2D eigenvalue weighted by atomic mass is 9.94. The van der Waals surface area contributed by atoms with Crippen LogP contribution in [0.15, 0.2) is 42.5 Å². The Balaban J connectivity index is 1.98. The summed E-state index contributed by atoms with van der Waals surface area (Å²) in [4.78, 5) is 13.8. The molecule has 0 fully saturated rings. The number of carbonyl (C=O) groups excluding carboxylic acids is 1. The predicted molar refractivity (Wildman–Crippen MR) is 85.5 cm³/mol. The van der Waals surface area contributed by atoms with Gasteiger partial charge in [0.05, 0.1) is 12.0 Å². The van der Waals surface area contributed by atoms with Gasteiger partial charge in [-0.3, -0.25) is 4.79 Å². The molecular weight excluding hydrogens is 260 g/mol. The summed E-state index contributed by atoms with van der Waals surface area (Å²) >= 11 is 0. The number of benzene rings is 2. The fourth-order valence-electron chi connectivity index (χ4n) is 2.93. The van der Waals surface area contributed by atoms with Crippen LogP contribution in [0, 0.1) is 6.92 Å². The van der Waals surface area contributed by atoms with Gasteiger partial charge < -0.3 is 10.6 Å². The summed E-state index contributed by atoms with van der Waals surface area (Å²) < 4.78 is 0. The third-order valence-corrected chi connectivity index (χ3v) is 4.38. The Kier molecular flexibility index (Phi) is 3.30. The number of hydrogen-bond acceptors (Lipinski definition) is 2. The van der Waals surface area contributed by atoms with Crippen molar-refractivity contribution in [2.24, 2.45) is 5.73 Å². The number of nitrogens with two attached hydrogens (primary N) is 1. The highest BCUT2D eigenvalue weighted by Gasteiger charge is 2.32. The Morgan fingerprint density at radius 3 is 2.38 bits per heavy atom. The molecule has 1 aliphatic rings. The van der Waals surface area contributed by atoms with E-state index < -0.39 is 0 Å². The first-order valence-electron chi connectivity index (χ1n) is 7.22. The second-order valence-electron chi connectivity index (χ2n) is 5.83. The summed E-state index contributed by atoms with van der Waals surface area (Å²) in [5.41, 5.74) is 11.8. The lowest BCUT2D eigenvalue weighted by molar-refractivity contribution is -0.118. The minimum Gasteiger partial charge on any atom is -0.320 e. The number of likely N-dealkylation sites (N-methyl/N-ethyl adjacent to an activating group) is 1. The van der Waals surface area contributed by atoms with Gasteiger partial charge in [-0.15, -0.1) is 0 Å². The van der Waals surface area contributed by atoms with Gasteiger partial charge in [0.2, 0.25) is 5.91 Å². The van der Waals surface area contributed by atoms with Crippen molar-refractivity contribution < 1.29 is 4.79 Å². The minimum atomic E-state index is -0.163. The lowest BCUT2D eigenvalue weighted by Gasteiger charge is -2.15. The first-order valence-corrected chi connectivity index (χ1v) is 7.22. The molecule has 2 aromatic rings. The zero-order chi connectivity index (χ0) is 15.1. The molecule has 108 valence electrons. The van der Waals surface area contributed by atoms with Crippen LogP contribution in [-0.2, 0) is 4.79 Å². The van der Waals surface area contributed by atoms with Crippen LogP contribution in [0.5, 0.6) is 0 Å². The fraction of sp³-hybridized carbons (Fsp3) is 0.278. The highest BCUT2D eigenvalue weighted by Crippen LogP contribution is 2.37. The molecular formula is C18H20N2O. The summed E-state index contributed by atoms with van der Waals surface area (Å²) in [5, 5.41) is 0. The molecule has 2 unspecified atom stereocenters. The van der Waals surface area contributed by atoms with E-state index in [4.69, 9.17) is 5.73 Å². The van der Waals surface area contributed by atoms with E-state index in [0.29, 0.717) is 0 Å². The molecule has 0 aromatic heterocycles. The standard InChI is InChI=1S/C18H20N2O/c1-11-4-6-13(7-5-11)17(19)14-8-9-16-15(10-14)12(2)18(21)20(16)3/h4-10,12,17H,19H2,1-3H3. The topological polar surface area (TPSA) is 46.3 Å². The van der Waals surface area contributed by atoms with Crippen LogP contribution in [0.25, 0.3) is 0 Å². The molecule has 0 saturated heterocycles. The second kappa shape index (κ2) is 5.01. The number of nitrogens with zero attached hydrogens (tertiary/aromatic N) is 1. The normalized spacial score (nSPS) is 18.8. The second-order valence-corrected chi connectivity index (χ2v) is 5.83. The van der Waals surface area contributed by atoms with Gasteiger partial charge in [0, 0.05) is 12.7 Å². The number of carbonyl (C=O) groups is 1. The van der Waals surface area contributed by atoms with Crippen molar-refractivity contribution in [1.82, 2.24) is 0 Å². The SMILES string of the molecule is Cc1ccc(C(N)c2ccc3c(c2)C(C)C(=O)N3C)cc1. The molecule has 1 heterocycles. The monoisotopic (exact) mass is 280 g/mol. The first-order chi connectivity index (χ1) is 9.99. The maximum Gasteiger partial charge on any atom is 0.234 e. The van der Waals surface area contributed by atoms with Gasteiger partial charge >= 0.3 is 0 Å². The van der Waals surface area contributed by atoms with Crippen molar-refractivity contribution in [2.75, 3.05) is 11.9 Å². The molecule has 2 N–H and O–H groups in total. The molecule has 3 rings (SSSR count). The molecule has 0 bridgehead atoms. The maximum absolute atomic E-state index is 12.0. The third kappa shape index (κ3) is 2.24. The Morgan fingerprint density at radius 1 is 1.10 bits per heavy atom. The summed E-state index contributed by atoms with van der Waals surface area (Å²) in [5.74, 6) is 0.0567. The lowest BCUT2D eigenvalue weighted by Crippen LogP contribution is -2.22. The summed E-state index contributed by atoms with van der Waals surface area (Å²) in [6.45, 7) is 4.01. The molecule has 1 aliphatic heterocycles. The van der Waals surface area contributed by atoms with Gasteiger partial charge in [-0.05, 0) is 36.6 Å². The summed E-state index contributed by atoms with van der Waals surface area (Å²) in [6.07, 6.45) is 0. The third-order valence-electron chi connectivity index (χ3n) is 4.38. The largest absolute Gasteiger partial charge is 0.320 e. The molecule has 0 saturated carbocycles. The zero-order valence-electron chi connectivity index (χ0n) is 12.6. The van der Waals surface area contributed by atoms with Crippen molar-refractivity contribution >= 4 is 11.6 Å². The van der Waals surface area contributed by atoms with Crippen LogP contribution in [-0.4, -0.2) is 13.0 Å². The zero-order valence-corrected chi connectivity index (χ0v) is 12.6. The van der Waals surface area contributed by atoms with Crippen molar-refractivity contribution in [3.63, 3.8) is 0 Å². The van der Waals surface area contributed by atoms with E-state index in [2.05, 4.69) is 37.3 Å². The molecule has 3 nitrogen and oxygen atoms in total. The maximum atomic E-state index is 12.0. The first kappa shape index (κ1) is 13.8. The minimum absolute atomic E-state index is 0.0878. The number of rotatable bonds is 2. The van der Waals surface area contributed by atoms with E-state index in [1.165, 1.54) is 5.56 Å². The number of amides is 1. The van der Waals surface area contributed by atoms with E-state index in [1.807, 2.05) is 26.1 Å². The summed E-state index contributed by atoms with van der Waals surface area (Å²) in [6, 6.07) is 14.2. The van der Waals surface area contributed by atoms with Crippen LogP contribution in [0.4, 0.5) is 5.69 Å². The van der Waals surface area contributed by atoms with Gasteiger partial charge in [-0.1, -0.05) is 42.0 Å². The van der Waals surface area contributed by atoms with Crippen LogP contribution >= 0.6 is 0 Å². The van der Waals surface area contributed by atoms with Gasteiger partial charge in [0.1, 0.15) is 0 Å². The summed E-state index contributed by atoms with van der Waals surface area (Å²) in [7, 11) is 1.82. The Bertz CT molecular complexity index is 691. The van der Waals surface area contributed by atoms with Crippen LogP contribution < -0.4 is 10.6 Å². The van der Waals surface area contributed by atoms with Crippen LogP contribution in [0.2, 0.25) is 0 Å². The number of hydrogen-bond donors (Lipinski definition) is 1. The molecule has 2 atom stereocenters. The molecule has 2 aromatic carbocycles. The van der Waals surface area contributed by atoms with Crippen molar-refractivity contribution in [2.45, 2.75) is 25.8 Å². The van der Waals surface area contributed by atoms with Crippen LogP contribution in [0.1, 0.15) is 41.1 Å². The Hall–Kier alpha value is -2.13. The van der Waals surface area contributed by atoms with E-state index in [-0.39, 0.29) is 17.9 Å². The Morgan fingerprint density at radius 2 is 1.71 bits per heavy atom. The van der Waals surface area contributed by atoms with E-state index in [0.717, 1.165) is 22.4 Å². The van der Waals surface area contributed by atoms with E-state index in [9.17, 15) is 4.79 Å². The Labute approximate surface area is 125 Å². The quantitative estimate of drug-likeness (QED) is 0.918. The highest BCUT2D eigenvalue weighted by atomic mass is 16.2. The van der Waals surface area contributed by atoms with Gasteiger partial charge in [0.25, 0.3) is 0 Å². The number of fused-ring (bicyclic) bond motifs is 1. The molecule has 0 aliphatic carbocycles. The van der Waals surface area contributed by atoms with Crippen molar-refractivity contribution in [3.05, 3.63) is 64.7 Å². The van der Waals surface area contributed by atoms with Crippen LogP contribution in [0.3, 0.4) is 0 Å². The van der Waals surface area contributed by atoms with Gasteiger partial charge in [-0.25, -0.2) is 0 Å². The average Bonchev–Trinajstić information content (AvgIpc) is 2.72. The van der Waals surface area contributed by atoms with E-state index >= 15 is 0 Å². The molecule has 0 spiro atoms. The average molecular weight is 280 g/mol.